The van der Waals surface area contributed by atoms with Gasteiger partial charge in [0.2, 0.25) is 0 Å². The number of carbonyl (C=O) groups is 1. The van der Waals surface area contributed by atoms with Gasteiger partial charge in [-0.25, -0.2) is 4.79 Å². The zero-order valence-corrected chi connectivity index (χ0v) is 14.5. The summed E-state index contributed by atoms with van der Waals surface area (Å²) in [7, 11) is 0. The third-order valence-corrected chi connectivity index (χ3v) is 5.58. The Morgan fingerprint density at radius 2 is 1.76 bits per heavy atom. The molecule has 0 unspecified atom stereocenters. The molecule has 1 fully saturated rings. The molecule has 25 heavy (non-hydrogen) atoms. The van der Waals surface area contributed by atoms with Gasteiger partial charge in [0.05, 0.1) is 17.4 Å². The van der Waals surface area contributed by atoms with Gasteiger partial charge in [0.25, 0.3) is 0 Å². The van der Waals surface area contributed by atoms with Crippen LogP contribution in [0.3, 0.4) is 0 Å². The number of rotatable bonds is 2. The van der Waals surface area contributed by atoms with E-state index in [1.807, 2.05) is 6.07 Å². The van der Waals surface area contributed by atoms with Crippen molar-refractivity contribution in [3.05, 3.63) is 41.6 Å². The Hall–Kier alpha value is -2.30. The molecule has 132 valence electrons. The van der Waals surface area contributed by atoms with Crippen molar-refractivity contribution in [3.8, 4) is 11.3 Å². The van der Waals surface area contributed by atoms with E-state index < -0.39 is 6.09 Å². The van der Waals surface area contributed by atoms with Crippen LogP contribution in [0.15, 0.2) is 30.3 Å². The van der Waals surface area contributed by atoms with Gasteiger partial charge < -0.3 is 10.0 Å². The largest absolute Gasteiger partial charge is 0.465 e. The third kappa shape index (κ3) is 3.15. The highest BCUT2D eigenvalue weighted by molar-refractivity contribution is 5.67. The van der Waals surface area contributed by atoms with Gasteiger partial charge in [0, 0.05) is 30.6 Å². The number of benzene rings is 1. The number of aromatic nitrogens is 2. The predicted molar refractivity (Wildman–Crippen MR) is 96.8 cm³/mol. The molecular formula is C20H25N3O2. The Labute approximate surface area is 148 Å². The minimum Gasteiger partial charge on any atom is -0.465 e. The molecule has 0 spiro atoms. The molecule has 2 aromatic rings. The first-order chi connectivity index (χ1) is 12.2. The van der Waals surface area contributed by atoms with Gasteiger partial charge in [0.1, 0.15) is 0 Å². The normalized spacial score (nSPS) is 18.6. The van der Waals surface area contributed by atoms with Crippen LogP contribution >= 0.6 is 0 Å². The molecule has 1 aliphatic carbocycles. The van der Waals surface area contributed by atoms with Crippen molar-refractivity contribution in [3.63, 3.8) is 0 Å². The van der Waals surface area contributed by atoms with Gasteiger partial charge in [-0.2, -0.15) is 5.10 Å². The molecule has 1 aromatic heterocycles. The average molecular weight is 339 g/mol. The maximum atomic E-state index is 11.3. The predicted octanol–water partition coefficient (Wildman–Crippen LogP) is 4.13. The monoisotopic (exact) mass is 339 g/mol. The Bertz CT molecular complexity index is 748. The lowest BCUT2D eigenvalue weighted by molar-refractivity contribution is 0.147. The summed E-state index contributed by atoms with van der Waals surface area (Å²) in [4.78, 5) is 12.9. The van der Waals surface area contributed by atoms with Crippen molar-refractivity contribution in [2.24, 2.45) is 0 Å². The second-order valence-electron chi connectivity index (χ2n) is 7.15. The molecule has 2 heterocycles. The van der Waals surface area contributed by atoms with E-state index in [2.05, 4.69) is 28.9 Å². The summed E-state index contributed by atoms with van der Waals surface area (Å²) in [5, 5.41) is 14.3. The minimum absolute atomic E-state index is 0.478. The molecule has 5 nitrogen and oxygen atoms in total. The summed E-state index contributed by atoms with van der Waals surface area (Å²) in [5.74, 6) is 0. The molecule has 0 radical (unpaired) electrons. The van der Waals surface area contributed by atoms with Crippen LogP contribution in [0.4, 0.5) is 4.79 Å². The number of nitrogens with zero attached hydrogens (tertiary/aromatic N) is 3. The Balaban J connectivity index is 1.76. The standard InChI is InChI=1S/C20H25N3O2/c24-20(25)22-13-11-17-18(12-14-22)21-23(16-9-5-2-6-10-16)19(17)15-7-3-1-4-8-15/h1,3-4,7-8,16H,2,5-6,9-14H2,(H,24,25). The van der Waals surface area contributed by atoms with Crippen LogP contribution in [0.25, 0.3) is 11.3 Å². The zero-order valence-electron chi connectivity index (χ0n) is 14.5. The van der Waals surface area contributed by atoms with Crippen molar-refractivity contribution >= 4 is 6.09 Å². The lowest BCUT2D eigenvalue weighted by atomic mass is 9.94. The summed E-state index contributed by atoms with van der Waals surface area (Å²) in [6, 6.07) is 11.0. The SMILES string of the molecule is O=C(O)N1CCc2nn(C3CCCCC3)c(-c3ccccc3)c2CC1. The Morgan fingerprint density at radius 1 is 1.04 bits per heavy atom. The van der Waals surface area contributed by atoms with Crippen LogP contribution in [-0.4, -0.2) is 39.0 Å². The molecule has 1 N–H and O–H groups in total. The summed E-state index contributed by atoms with van der Waals surface area (Å²) >= 11 is 0. The van der Waals surface area contributed by atoms with E-state index in [1.165, 1.54) is 53.8 Å². The highest BCUT2D eigenvalue weighted by atomic mass is 16.4. The number of hydrogen-bond donors (Lipinski definition) is 1. The molecule has 0 atom stereocenters. The first-order valence-corrected chi connectivity index (χ1v) is 9.37. The molecule has 1 saturated carbocycles. The van der Waals surface area contributed by atoms with Crippen molar-refractivity contribution < 1.29 is 9.90 Å². The second-order valence-corrected chi connectivity index (χ2v) is 7.15. The van der Waals surface area contributed by atoms with Crippen molar-refractivity contribution in [1.29, 1.82) is 0 Å². The van der Waals surface area contributed by atoms with Crippen LogP contribution in [-0.2, 0) is 12.8 Å². The number of amides is 1. The second kappa shape index (κ2) is 6.90. The van der Waals surface area contributed by atoms with Crippen LogP contribution in [0.2, 0.25) is 0 Å². The zero-order chi connectivity index (χ0) is 17.2. The molecule has 5 heteroatoms. The van der Waals surface area contributed by atoms with E-state index in [0.717, 1.165) is 12.1 Å². The highest BCUT2D eigenvalue weighted by Crippen LogP contribution is 2.36. The van der Waals surface area contributed by atoms with Gasteiger partial charge in [-0.05, 0) is 19.3 Å². The topological polar surface area (TPSA) is 58.4 Å². The molecule has 1 aliphatic heterocycles. The fourth-order valence-corrected chi connectivity index (χ4v) is 4.26. The maximum Gasteiger partial charge on any atom is 0.407 e. The summed E-state index contributed by atoms with van der Waals surface area (Å²) in [5.41, 5.74) is 4.76. The number of carboxylic acid groups (broad SMARTS) is 1. The molecule has 4 rings (SSSR count). The number of fused-ring (bicyclic) bond motifs is 1. The van der Waals surface area contributed by atoms with E-state index in [-0.39, 0.29) is 0 Å². The highest BCUT2D eigenvalue weighted by Gasteiger charge is 2.28. The lowest BCUT2D eigenvalue weighted by Gasteiger charge is -2.25. The van der Waals surface area contributed by atoms with E-state index in [4.69, 9.17) is 5.10 Å². The Kier molecular flexibility index (Phi) is 4.47. The van der Waals surface area contributed by atoms with Crippen LogP contribution in [0.1, 0.15) is 49.4 Å². The van der Waals surface area contributed by atoms with Gasteiger partial charge in [0.15, 0.2) is 0 Å². The summed E-state index contributed by atoms with van der Waals surface area (Å²) in [6.07, 6.45) is 6.90. The van der Waals surface area contributed by atoms with Crippen molar-refractivity contribution in [2.75, 3.05) is 13.1 Å². The molecular weight excluding hydrogens is 314 g/mol. The molecule has 2 aliphatic rings. The molecule has 1 aromatic carbocycles. The Morgan fingerprint density at radius 3 is 2.48 bits per heavy atom. The molecule has 0 saturated heterocycles. The summed E-state index contributed by atoms with van der Waals surface area (Å²) in [6.45, 7) is 1.09. The molecule has 1 amide bonds. The van der Waals surface area contributed by atoms with Crippen molar-refractivity contribution in [2.45, 2.75) is 51.0 Å². The fraction of sp³-hybridized carbons (Fsp3) is 0.500. The quantitative estimate of drug-likeness (QED) is 0.895. The summed E-state index contributed by atoms with van der Waals surface area (Å²) < 4.78 is 2.27. The fourth-order valence-electron chi connectivity index (χ4n) is 4.26. The molecule has 0 bridgehead atoms. The van der Waals surface area contributed by atoms with E-state index in [1.54, 1.807) is 0 Å². The van der Waals surface area contributed by atoms with Gasteiger partial charge in [-0.3, -0.25) is 4.68 Å². The van der Waals surface area contributed by atoms with E-state index >= 15 is 0 Å². The smallest absolute Gasteiger partial charge is 0.407 e. The average Bonchev–Trinajstić information content (AvgIpc) is 2.88. The third-order valence-electron chi connectivity index (χ3n) is 5.58. The van der Waals surface area contributed by atoms with Crippen LogP contribution in [0, 0.1) is 0 Å². The van der Waals surface area contributed by atoms with Gasteiger partial charge in [-0.15, -0.1) is 0 Å². The first-order valence-electron chi connectivity index (χ1n) is 9.37. The number of hydrogen-bond acceptors (Lipinski definition) is 2. The minimum atomic E-state index is -0.827. The van der Waals surface area contributed by atoms with Crippen molar-refractivity contribution in [1.82, 2.24) is 14.7 Å². The van der Waals surface area contributed by atoms with Gasteiger partial charge in [-0.1, -0.05) is 49.6 Å². The van der Waals surface area contributed by atoms with Crippen LogP contribution in [0.5, 0.6) is 0 Å². The van der Waals surface area contributed by atoms with E-state index in [0.29, 0.717) is 25.6 Å². The van der Waals surface area contributed by atoms with E-state index in [9.17, 15) is 9.90 Å². The first kappa shape index (κ1) is 16.2. The van der Waals surface area contributed by atoms with Gasteiger partial charge >= 0.3 is 6.09 Å². The lowest BCUT2D eigenvalue weighted by Crippen LogP contribution is -2.32. The van der Waals surface area contributed by atoms with Crippen LogP contribution < -0.4 is 0 Å². The maximum absolute atomic E-state index is 11.3.